The van der Waals surface area contributed by atoms with Gasteiger partial charge in [-0.2, -0.15) is 0 Å². The zero-order valence-corrected chi connectivity index (χ0v) is 12.3. The van der Waals surface area contributed by atoms with Gasteiger partial charge < -0.3 is 20.3 Å². The van der Waals surface area contributed by atoms with Gasteiger partial charge in [-0.15, -0.1) is 0 Å². The van der Waals surface area contributed by atoms with Crippen LogP contribution in [-0.2, 0) is 12.1 Å². The zero-order valence-electron chi connectivity index (χ0n) is 12.3. The minimum absolute atomic E-state index is 0.117. The first-order valence-electron chi connectivity index (χ1n) is 6.87. The summed E-state index contributed by atoms with van der Waals surface area (Å²) in [6, 6.07) is 14.8. The summed E-state index contributed by atoms with van der Waals surface area (Å²) in [5.41, 5.74) is 0.864. The number of nitrogens with one attached hydrogen (secondary N) is 1. The molecule has 0 radical (unpaired) electrons. The molecule has 0 heterocycles. The summed E-state index contributed by atoms with van der Waals surface area (Å²) in [4.78, 5) is 0. The minimum atomic E-state index is -0.935. The molecule has 0 aliphatic heterocycles. The Hall–Kier alpha value is -2.04. The minimum Gasteiger partial charge on any atom is -0.504 e. The summed E-state index contributed by atoms with van der Waals surface area (Å²) in [6.45, 7) is 2.76. The first-order chi connectivity index (χ1) is 10.0. The summed E-state index contributed by atoms with van der Waals surface area (Å²) in [5, 5.41) is 23.4. The molecule has 0 saturated heterocycles. The number of hydrogen-bond donors (Lipinski definition) is 3. The maximum atomic E-state index is 10.5. The van der Waals surface area contributed by atoms with Crippen molar-refractivity contribution in [3.8, 4) is 11.5 Å². The molecule has 112 valence electrons. The molecule has 2 rings (SSSR count). The Morgan fingerprint density at radius 1 is 1.14 bits per heavy atom. The SMILES string of the molecule is COc1ccc(CNCC(C)(O)c2ccccc2)cc1O. The molecule has 4 heteroatoms. The fourth-order valence-electron chi connectivity index (χ4n) is 2.20. The van der Waals surface area contributed by atoms with Crippen LogP contribution in [0.15, 0.2) is 48.5 Å². The van der Waals surface area contributed by atoms with Crippen molar-refractivity contribution in [3.63, 3.8) is 0 Å². The molecule has 4 nitrogen and oxygen atoms in total. The summed E-state index contributed by atoms with van der Waals surface area (Å²) in [6.07, 6.45) is 0. The van der Waals surface area contributed by atoms with E-state index in [1.54, 1.807) is 19.1 Å². The predicted molar refractivity (Wildman–Crippen MR) is 82.4 cm³/mol. The van der Waals surface area contributed by atoms with Gasteiger partial charge in [-0.3, -0.25) is 0 Å². The number of methoxy groups -OCH3 is 1. The van der Waals surface area contributed by atoms with Crippen molar-refractivity contribution in [1.82, 2.24) is 5.32 Å². The molecule has 1 atom stereocenters. The van der Waals surface area contributed by atoms with Crippen LogP contribution in [0.25, 0.3) is 0 Å². The van der Waals surface area contributed by atoms with Crippen LogP contribution in [0.4, 0.5) is 0 Å². The van der Waals surface area contributed by atoms with Crippen LogP contribution >= 0.6 is 0 Å². The third kappa shape index (κ3) is 3.97. The van der Waals surface area contributed by atoms with Crippen LogP contribution in [0.5, 0.6) is 11.5 Å². The number of phenolic OH excluding ortho intramolecular Hbond substituents is 1. The number of aliphatic hydroxyl groups is 1. The molecule has 0 amide bonds. The molecule has 0 bridgehead atoms. The highest BCUT2D eigenvalue weighted by atomic mass is 16.5. The summed E-state index contributed by atoms with van der Waals surface area (Å²) >= 11 is 0. The smallest absolute Gasteiger partial charge is 0.160 e. The molecule has 2 aromatic carbocycles. The van der Waals surface area contributed by atoms with Crippen molar-refractivity contribution in [3.05, 3.63) is 59.7 Å². The number of benzene rings is 2. The van der Waals surface area contributed by atoms with Crippen LogP contribution in [0.2, 0.25) is 0 Å². The number of phenols is 1. The second-order valence-corrected chi connectivity index (χ2v) is 5.25. The van der Waals surface area contributed by atoms with Gasteiger partial charge in [-0.25, -0.2) is 0 Å². The standard InChI is InChI=1S/C17H21NO3/c1-17(20,14-6-4-3-5-7-14)12-18-11-13-8-9-16(21-2)15(19)10-13/h3-10,18-20H,11-12H2,1-2H3. The molecule has 0 aliphatic rings. The summed E-state index contributed by atoms with van der Waals surface area (Å²) < 4.78 is 5.01. The van der Waals surface area contributed by atoms with Crippen LogP contribution in [0.3, 0.4) is 0 Å². The fourth-order valence-corrected chi connectivity index (χ4v) is 2.20. The van der Waals surface area contributed by atoms with Gasteiger partial charge in [0, 0.05) is 13.1 Å². The van der Waals surface area contributed by atoms with Crippen molar-refractivity contribution < 1.29 is 14.9 Å². The first-order valence-corrected chi connectivity index (χ1v) is 6.87. The van der Waals surface area contributed by atoms with Crippen LogP contribution in [0.1, 0.15) is 18.1 Å². The Balaban J connectivity index is 1.93. The Morgan fingerprint density at radius 2 is 1.86 bits per heavy atom. The van der Waals surface area contributed by atoms with Gasteiger partial charge in [0.25, 0.3) is 0 Å². The molecule has 2 aromatic rings. The van der Waals surface area contributed by atoms with E-state index in [0.717, 1.165) is 11.1 Å². The van der Waals surface area contributed by atoms with E-state index in [0.29, 0.717) is 18.8 Å². The number of rotatable bonds is 6. The topological polar surface area (TPSA) is 61.7 Å². The maximum absolute atomic E-state index is 10.5. The van der Waals surface area contributed by atoms with E-state index in [1.165, 1.54) is 7.11 Å². The Morgan fingerprint density at radius 3 is 2.48 bits per heavy atom. The van der Waals surface area contributed by atoms with Crippen LogP contribution < -0.4 is 10.1 Å². The second-order valence-electron chi connectivity index (χ2n) is 5.25. The molecular formula is C17H21NO3. The highest BCUT2D eigenvalue weighted by Gasteiger charge is 2.21. The van der Waals surface area contributed by atoms with Gasteiger partial charge in [0.05, 0.1) is 12.7 Å². The van der Waals surface area contributed by atoms with Gasteiger partial charge in [0.1, 0.15) is 0 Å². The van der Waals surface area contributed by atoms with Gasteiger partial charge in [-0.1, -0.05) is 36.4 Å². The van der Waals surface area contributed by atoms with Crippen molar-refractivity contribution in [1.29, 1.82) is 0 Å². The highest BCUT2D eigenvalue weighted by molar-refractivity contribution is 5.41. The predicted octanol–water partition coefficient (Wildman–Crippen LogP) is 2.40. The molecule has 21 heavy (non-hydrogen) atoms. The fraction of sp³-hybridized carbons (Fsp3) is 0.294. The van der Waals surface area contributed by atoms with E-state index in [2.05, 4.69) is 5.32 Å². The quantitative estimate of drug-likeness (QED) is 0.763. The number of aromatic hydroxyl groups is 1. The average molecular weight is 287 g/mol. The highest BCUT2D eigenvalue weighted by Crippen LogP contribution is 2.26. The third-order valence-electron chi connectivity index (χ3n) is 3.44. The molecule has 3 N–H and O–H groups in total. The van der Waals surface area contributed by atoms with Gasteiger partial charge >= 0.3 is 0 Å². The Kier molecular flexibility index (Phi) is 4.83. The van der Waals surface area contributed by atoms with Crippen LogP contribution in [-0.4, -0.2) is 23.9 Å². The van der Waals surface area contributed by atoms with E-state index in [1.807, 2.05) is 36.4 Å². The van der Waals surface area contributed by atoms with E-state index < -0.39 is 5.60 Å². The lowest BCUT2D eigenvalue weighted by Gasteiger charge is -2.24. The van der Waals surface area contributed by atoms with Crippen molar-refractivity contribution in [2.75, 3.05) is 13.7 Å². The van der Waals surface area contributed by atoms with E-state index >= 15 is 0 Å². The normalized spacial score (nSPS) is 13.7. The lowest BCUT2D eigenvalue weighted by molar-refractivity contribution is 0.0567. The van der Waals surface area contributed by atoms with E-state index in [9.17, 15) is 10.2 Å². The summed E-state index contributed by atoms with van der Waals surface area (Å²) in [5.74, 6) is 0.571. The lowest BCUT2D eigenvalue weighted by atomic mass is 9.96. The van der Waals surface area contributed by atoms with Crippen LogP contribution in [0, 0.1) is 0 Å². The maximum Gasteiger partial charge on any atom is 0.160 e. The van der Waals surface area contributed by atoms with E-state index in [4.69, 9.17) is 4.74 Å². The molecule has 0 saturated carbocycles. The monoisotopic (exact) mass is 287 g/mol. The van der Waals surface area contributed by atoms with Crippen molar-refractivity contribution in [2.24, 2.45) is 0 Å². The van der Waals surface area contributed by atoms with Crippen molar-refractivity contribution >= 4 is 0 Å². The Bertz CT molecular complexity index is 582. The van der Waals surface area contributed by atoms with Crippen molar-refractivity contribution in [2.45, 2.75) is 19.1 Å². The largest absolute Gasteiger partial charge is 0.504 e. The Labute approximate surface area is 125 Å². The molecule has 0 aliphatic carbocycles. The van der Waals surface area contributed by atoms with Gasteiger partial charge in [0.2, 0.25) is 0 Å². The number of hydrogen-bond acceptors (Lipinski definition) is 4. The molecule has 0 aromatic heterocycles. The molecule has 0 fully saturated rings. The lowest BCUT2D eigenvalue weighted by Crippen LogP contribution is -2.35. The van der Waals surface area contributed by atoms with Gasteiger partial charge in [-0.05, 0) is 30.2 Å². The number of ether oxygens (including phenoxy) is 1. The third-order valence-corrected chi connectivity index (χ3v) is 3.44. The second kappa shape index (κ2) is 6.61. The molecular weight excluding hydrogens is 266 g/mol. The molecule has 0 spiro atoms. The zero-order chi connectivity index (χ0) is 15.3. The van der Waals surface area contributed by atoms with E-state index in [-0.39, 0.29) is 5.75 Å². The average Bonchev–Trinajstić information content (AvgIpc) is 2.48. The molecule has 1 unspecified atom stereocenters. The van der Waals surface area contributed by atoms with Gasteiger partial charge in [0.15, 0.2) is 11.5 Å². The summed E-state index contributed by atoms with van der Waals surface area (Å²) in [7, 11) is 1.52. The first kappa shape index (κ1) is 15.4.